The Bertz CT molecular complexity index is 356. The van der Waals surface area contributed by atoms with Gasteiger partial charge < -0.3 is 10.7 Å². The van der Waals surface area contributed by atoms with E-state index in [4.69, 9.17) is 17.3 Å². The first-order valence-corrected chi connectivity index (χ1v) is 3.41. The van der Waals surface area contributed by atoms with Crippen LogP contribution < -0.4 is 5.73 Å². The fourth-order valence-electron chi connectivity index (χ4n) is 0.938. The molecule has 0 atom stereocenters. The van der Waals surface area contributed by atoms with Crippen LogP contribution in [0.3, 0.4) is 0 Å². The summed E-state index contributed by atoms with van der Waals surface area (Å²) in [5.74, 6) is 0.355. The second kappa shape index (κ2) is 2.10. The van der Waals surface area contributed by atoms with E-state index in [0.29, 0.717) is 11.5 Å². The van der Waals surface area contributed by atoms with Gasteiger partial charge in [0, 0.05) is 6.20 Å². The topological polar surface area (TPSA) is 67.6 Å². The number of aromatic nitrogens is 3. The minimum Gasteiger partial charge on any atom is -0.382 e. The number of hydrogen-bond donors (Lipinski definition) is 2. The van der Waals surface area contributed by atoms with Crippen LogP contribution in [0.1, 0.15) is 0 Å². The molecule has 0 bridgehead atoms. The van der Waals surface area contributed by atoms with Crippen molar-refractivity contribution in [2.45, 2.75) is 0 Å². The zero-order valence-corrected chi connectivity index (χ0v) is 6.26. The molecule has 0 radical (unpaired) electrons. The first kappa shape index (κ1) is 6.42. The number of halogens is 1. The molecule has 0 amide bonds. The highest BCUT2D eigenvalue weighted by atomic mass is 35.5. The molecule has 0 fully saturated rings. The van der Waals surface area contributed by atoms with Crippen LogP contribution in [-0.2, 0) is 0 Å². The van der Waals surface area contributed by atoms with Gasteiger partial charge in [0.15, 0.2) is 5.82 Å². The van der Waals surface area contributed by atoms with Crippen molar-refractivity contribution in [3.05, 3.63) is 17.5 Å². The number of anilines is 1. The summed E-state index contributed by atoms with van der Waals surface area (Å²) in [5, 5.41) is 0.281. The second-order valence-electron chi connectivity index (χ2n) is 2.12. The SMILES string of the molecule is Nc1nc(Cl)[nH]c2ccnc1-2. The largest absolute Gasteiger partial charge is 0.382 e. The molecule has 0 aromatic rings. The first-order chi connectivity index (χ1) is 5.27. The van der Waals surface area contributed by atoms with E-state index < -0.39 is 0 Å². The molecule has 56 valence electrons. The smallest absolute Gasteiger partial charge is 0.202 e. The van der Waals surface area contributed by atoms with Crippen LogP contribution in [0.2, 0.25) is 5.28 Å². The molecular formula is C6H5ClN4. The van der Waals surface area contributed by atoms with Crippen LogP contribution in [0, 0.1) is 0 Å². The van der Waals surface area contributed by atoms with Crippen molar-refractivity contribution in [3.63, 3.8) is 0 Å². The molecular weight excluding hydrogens is 164 g/mol. The van der Waals surface area contributed by atoms with E-state index in [1.165, 1.54) is 0 Å². The molecule has 3 N–H and O–H groups in total. The minimum absolute atomic E-state index is 0.281. The predicted octanol–water partition coefficient (Wildman–Crippen LogP) is 1.15. The minimum atomic E-state index is 0.281. The quantitative estimate of drug-likeness (QED) is 0.580. The third-order valence-electron chi connectivity index (χ3n) is 1.40. The maximum absolute atomic E-state index is 5.61. The molecule has 0 aromatic heterocycles. The van der Waals surface area contributed by atoms with E-state index in [1.807, 2.05) is 0 Å². The van der Waals surface area contributed by atoms with Crippen LogP contribution in [0.25, 0.3) is 11.4 Å². The molecule has 0 saturated heterocycles. The number of H-pyrrole nitrogens is 1. The number of rotatable bonds is 0. The third kappa shape index (κ3) is 0.914. The highest BCUT2D eigenvalue weighted by Crippen LogP contribution is 2.23. The van der Waals surface area contributed by atoms with Crippen molar-refractivity contribution in [2.24, 2.45) is 0 Å². The van der Waals surface area contributed by atoms with E-state index in [-0.39, 0.29) is 5.28 Å². The number of aromatic amines is 1. The Hall–Kier alpha value is -1.29. The lowest BCUT2D eigenvalue weighted by Gasteiger charge is -2.00. The molecule has 0 unspecified atom stereocenters. The van der Waals surface area contributed by atoms with Gasteiger partial charge in [0.05, 0.1) is 5.69 Å². The van der Waals surface area contributed by atoms with Crippen molar-refractivity contribution in [1.29, 1.82) is 0 Å². The highest BCUT2D eigenvalue weighted by Gasteiger charge is 2.09. The predicted molar refractivity (Wildman–Crippen MR) is 42.4 cm³/mol. The summed E-state index contributed by atoms with van der Waals surface area (Å²) < 4.78 is 0. The Morgan fingerprint density at radius 1 is 1.55 bits per heavy atom. The average molecular weight is 169 g/mol. The summed E-state index contributed by atoms with van der Waals surface area (Å²) in [6, 6.07) is 1.79. The number of nitrogens with one attached hydrogen (secondary N) is 1. The lowest BCUT2D eigenvalue weighted by Crippen LogP contribution is -1.97. The maximum atomic E-state index is 5.61. The van der Waals surface area contributed by atoms with Crippen molar-refractivity contribution in [3.8, 4) is 11.4 Å². The fourth-order valence-corrected chi connectivity index (χ4v) is 1.13. The highest BCUT2D eigenvalue weighted by molar-refractivity contribution is 6.28. The van der Waals surface area contributed by atoms with Crippen molar-refractivity contribution >= 4 is 17.4 Å². The Labute approximate surface area is 67.8 Å². The van der Waals surface area contributed by atoms with Gasteiger partial charge in [-0.05, 0) is 17.7 Å². The van der Waals surface area contributed by atoms with E-state index in [1.54, 1.807) is 12.3 Å². The van der Waals surface area contributed by atoms with Gasteiger partial charge in [0.2, 0.25) is 5.28 Å². The standard InChI is InChI=1S/C6H5ClN4/c7-6-10-3-1-2-9-4(3)5(8)11-6/h1-2H,8H2,(H,10,11). The van der Waals surface area contributed by atoms with Gasteiger partial charge in [-0.1, -0.05) is 0 Å². The van der Waals surface area contributed by atoms with Crippen molar-refractivity contribution < 1.29 is 0 Å². The van der Waals surface area contributed by atoms with E-state index in [2.05, 4.69) is 15.0 Å². The Morgan fingerprint density at radius 2 is 2.36 bits per heavy atom. The first-order valence-electron chi connectivity index (χ1n) is 3.03. The number of hydrogen-bond acceptors (Lipinski definition) is 3. The van der Waals surface area contributed by atoms with E-state index in [0.717, 1.165) is 5.69 Å². The molecule has 2 rings (SSSR count). The lowest BCUT2D eigenvalue weighted by atomic mass is 10.3. The average Bonchev–Trinajstić information content (AvgIpc) is 2.34. The number of fused-ring (bicyclic) bond motifs is 1. The zero-order chi connectivity index (χ0) is 7.84. The van der Waals surface area contributed by atoms with Gasteiger partial charge in [-0.3, -0.25) is 4.98 Å². The summed E-state index contributed by atoms with van der Waals surface area (Å²) >= 11 is 5.61. The molecule has 11 heavy (non-hydrogen) atoms. The molecule has 2 aliphatic heterocycles. The van der Waals surface area contributed by atoms with Gasteiger partial charge in [0.25, 0.3) is 0 Å². The third-order valence-corrected chi connectivity index (χ3v) is 1.58. The maximum Gasteiger partial charge on any atom is 0.202 e. The van der Waals surface area contributed by atoms with Gasteiger partial charge in [0.1, 0.15) is 5.69 Å². The summed E-state index contributed by atoms with van der Waals surface area (Å²) in [4.78, 5) is 10.6. The summed E-state index contributed by atoms with van der Waals surface area (Å²) in [5.41, 5.74) is 6.99. The Balaban J connectivity index is 2.79. The second-order valence-corrected chi connectivity index (χ2v) is 2.48. The van der Waals surface area contributed by atoms with Crippen LogP contribution in [0.5, 0.6) is 0 Å². The van der Waals surface area contributed by atoms with Gasteiger partial charge in [-0.25, -0.2) is 4.98 Å². The van der Waals surface area contributed by atoms with Gasteiger partial charge in [-0.15, -0.1) is 0 Å². The lowest BCUT2D eigenvalue weighted by molar-refractivity contribution is 1.16. The number of nitrogens with zero attached hydrogens (tertiary/aromatic N) is 2. The van der Waals surface area contributed by atoms with Gasteiger partial charge >= 0.3 is 0 Å². The molecule has 0 saturated carbocycles. The molecule has 0 aliphatic carbocycles. The van der Waals surface area contributed by atoms with Crippen LogP contribution >= 0.6 is 11.6 Å². The summed E-state index contributed by atoms with van der Waals surface area (Å²) in [6.45, 7) is 0. The van der Waals surface area contributed by atoms with E-state index >= 15 is 0 Å². The summed E-state index contributed by atoms with van der Waals surface area (Å²) in [7, 11) is 0. The zero-order valence-electron chi connectivity index (χ0n) is 5.50. The fraction of sp³-hybridized carbons (Fsp3) is 0. The Morgan fingerprint density at radius 3 is 3.18 bits per heavy atom. The van der Waals surface area contributed by atoms with Crippen LogP contribution in [-0.4, -0.2) is 15.0 Å². The van der Waals surface area contributed by atoms with Crippen LogP contribution in [0.4, 0.5) is 5.82 Å². The van der Waals surface area contributed by atoms with Crippen molar-refractivity contribution in [1.82, 2.24) is 15.0 Å². The molecule has 0 aromatic carbocycles. The molecule has 5 heteroatoms. The Kier molecular flexibility index (Phi) is 1.22. The number of nitrogens with two attached hydrogens (primary N) is 1. The monoisotopic (exact) mass is 168 g/mol. The molecule has 4 nitrogen and oxygen atoms in total. The molecule has 0 spiro atoms. The van der Waals surface area contributed by atoms with Gasteiger partial charge in [-0.2, -0.15) is 0 Å². The van der Waals surface area contributed by atoms with Crippen molar-refractivity contribution in [2.75, 3.05) is 5.73 Å². The normalized spacial score (nSPS) is 10.6. The molecule has 2 heterocycles. The van der Waals surface area contributed by atoms with E-state index in [9.17, 15) is 0 Å². The van der Waals surface area contributed by atoms with Crippen LogP contribution in [0.15, 0.2) is 12.3 Å². The molecule has 2 aliphatic rings. The number of nitrogen functional groups attached to an aromatic ring is 1. The summed E-state index contributed by atoms with van der Waals surface area (Å²) in [6.07, 6.45) is 1.65.